The van der Waals surface area contributed by atoms with Crippen molar-refractivity contribution >= 4 is 0 Å². The predicted molar refractivity (Wildman–Crippen MR) is 16.5 cm³/mol. The van der Waals surface area contributed by atoms with E-state index in [9.17, 15) is 0 Å². The van der Waals surface area contributed by atoms with Crippen molar-refractivity contribution in [2.45, 2.75) is 0 Å². The average molecular weight is 107 g/mol. The summed E-state index contributed by atoms with van der Waals surface area (Å²) in [5.41, 5.74) is 0. The fraction of sp³-hybridized carbons (Fsp3) is 0. The molecule has 0 radical (unpaired) electrons. The first-order valence-corrected chi connectivity index (χ1v) is 0.697. The summed E-state index contributed by atoms with van der Waals surface area (Å²) >= 11 is 0. The molecule has 0 heterocycles. The topological polar surface area (TPSA) is 81.1 Å². The van der Waals surface area contributed by atoms with Crippen LogP contribution in [0.15, 0.2) is 0 Å². The molecule has 0 spiro atoms. The fourth-order valence-electron chi connectivity index (χ4n) is 0. The first-order valence-electron chi connectivity index (χ1n) is 0.697. The Balaban J connectivity index is -0.0000000450. The van der Waals surface area contributed by atoms with Gasteiger partial charge in [-0.25, -0.2) is 0 Å². The van der Waals surface area contributed by atoms with Crippen LogP contribution in [0.2, 0.25) is 0 Å². The smallest absolute Gasteiger partial charge is 0.693 e. The van der Waals surface area contributed by atoms with Crippen molar-refractivity contribution in [3.63, 3.8) is 0 Å². The minimum absolute atomic E-state index is 0. The monoisotopic (exact) mass is 107 g/mol. The van der Waals surface area contributed by atoms with E-state index in [0.29, 0.717) is 0 Å². The summed E-state index contributed by atoms with van der Waals surface area (Å²) in [5, 5.41) is 14.5. The molecule has 0 aromatic rings. The Kier molecular flexibility index (Phi) is 46.9. The van der Waals surface area contributed by atoms with Gasteiger partial charge >= 0.3 is 51.4 Å². The van der Waals surface area contributed by atoms with Gasteiger partial charge in [-0.3, -0.25) is 0 Å². The first kappa shape index (κ1) is 16.0. The van der Waals surface area contributed by atoms with E-state index in [1.165, 1.54) is 12.1 Å². The number of rotatable bonds is 0. The van der Waals surface area contributed by atoms with Crippen molar-refractivity contribution in [1.82, 2.24) is 0 Å². The van der Waals surface area contributed by atoms with Gasteiger partial charge in [0.2, 0.25) is 0 Å². The van der Waals surface area contributed by atoms with Crippen molar-refractivity contribution in [1.29, 1.82) is 10.5 Å². The van der Waals surface area contributed by atoms with Crippen LogP contribution in [0.4, 0.5) is 0 Å². The number of nitrogens with two attached hydrogens (primary N) is 1. The molecule has 4 heteroatoms. The molecule has 0 rings (SSSR count). The van der Waals surface area contributed by atoms with Crippen molar-refractivity contribution in [2.24, 2.45) is 0 Å². The van der Waals surface area contributed by atoms with Gasteiger partial charge in [-0.1, -0.05) is 0 Å². The van der Waals surface area contributed by atoms with E-state index in [2.05, 4.69) is 0 Å². The Labute approximate surface area is 78.9 Å². The number of hydrogen-bond donors (Lipinski definition) is 0. The maximum atomic E-state index is 7.26. The second-order valence-electron chi connectivity index (χ2n) is 0.224. The molecule has 0 aromatic carbocycles. The van der Waals surface area contributed by atoms with Crippen molar-refractivity contribution in [2.75, 3.05) is 0 Å². The van der Waals surface area contributed by atoms with Crippen LogP contribution in [0.25, 0.3) is 6.15 Å². The number of nitriles is 2. The molecule has 0 aromatic heterocycles. The Morgan fingerprint density at radius 3 is 1.17 bits per heavy atom. The van der Waals surface area contributed by atoms with E-state index >= 15 is 0 Å². The minimum Gasteiger partial charge on any atom is -0.693 e. The average Bonchev–Trinajstić information content (AvgIpc) is 1.37. The van der Waals surface area contributed by atoms with Gasteiger partial charge in [0.05, 0.1) is 0 Å². The van der Waals surface area contributed by atoms with Gasteiger partial charge in [0.25, 0.3) is 0 Å². The van der Waals surface area contributed by atoms with Crippen molar-refractivity contribution in [3.05, 3.63) is 6.15 Å². The number of hydrogen-bond acceptors (Lipinski definition) is 2. The summed E-state index contributed by atoms with van der Waals surface area (Å²) in [6.07, 6.45) is 0. The molecular formula is C2H2KN3. The van der Waals surface area contributed by atoms with E-state index in [1.54, 1.807) is 0 Å². The molecule has 0 fully saturated rings. The van der Waals surface area contributed by atoms with Gasteiger partial charge in [-0.2, -0.15) is 10.5 Å². The van der Waals surface area contributed by atoms with Gasteiger partial charge in [0, 0.05) is 0 Å². The maximum Gasteiger partial charge on any atom is 1.00 e. The molecule has 0 aliphatic carbocycles. The van der Waals surface area contributed by atoms with Gasteiger partial charge in [0.15, 0.2) is 12.1 Å². The SMILES string of the molecule is N#CC#N.[K+].[NH2-]. The Hall–Kier alpha value is 0.576. The second kappa shape index (κ2) is 17.6. The molecule has 6 heavy (non-hydrogen) atoms. The second-order valence-corrected chi connectivity index (χ2v) is 0.224. The van der Waals surface area contributed by atoms with Crippen LogP contribution in [-0.2, 0) is 0 Å². The normalized spacial score (nSPS) is 1.67. The summed E-state index contributed by atoms with van der Waals surface area (Å²) in [6, 6.07) is 2.47. The summed E-state index contributed by atoms with van der Waals surface area (Å²) in [5.74, 6) is 0. The zero-order valence-corrected chi connectivity index (χ0v) is 6.59. The zero-order valence-electron chi connectivity index (χ0n) is 3.47. The standard InChI is InChI=1S/C2N2.K.H2N/c3-1-2-4;;/h;;1H2/q;+1;-1. The molecule has 26 valence electrons. The van der Waals surface area contributed by atoms with Crippen LogP contribution in [-0.4, -0.2) is 0 Å². The van der Waals surface area contributed by atoms with E-state index in [-0.39, 0.29) is 57.5 Å². The molecule has 0 bridgehead atoms. The van der Waals surface area contributed by atoms with Crippen molar-refractivity contribution < 1.29 is 51.4 Å². The molecule has 0 aliphatic heterocycles. The van der Waals surface area contributed by atoms with E-state index < -0.39 is 0 Å². The van der Waals surface area contributed by atoms with Crippen LogP contribution in [0.5, 0.6) is 0 Å². The van der Waals surface area contributed by atoms with Crippen molar-refractivity contribution in [3.8, 4) is 12.1 Å². The van der Waals surface area contributed by atoms with Gasteiger partial charge < -0.3 is 6.15 Å². The molecule has 0 saturated heterocycles. The summed E-state index contributed by atoms with van der Waals surface area (Å²) in [7, 11) is 0. The molecule has 3 nitrogen and oxygen atoms in total. The van der Waals surface area contributed by atoms with Crippen LogP contribution >= 0.6 is 0 Å². The Bertz CT molecular complexity index is 63.8. The quantitative estimate of drug-likeness (QED) is 0.328. The molecule has 0 amide bonds. The number of nitrogens with zero attached hydrogens (tertiary/aromatic N) is 2. The Morgan fingerprint density at radius 1 is 1.00 bits per heavy atom. The van der Waals surface area contributed by atoms with E-state index in [1.807, 2.05) is 0 Å². The largest absolute Gasteiger partial charge is 1.00 e. The molecule has 2 N–H and O–H groups in total. The molecular weight excluding hydrogens is 105 g/mol. The van der Waals surface area contributed by atoms with E-state index in [0.717, 1.165) is 0 Å². The summed E-state index contributed by atoms with van der Waals surface area (Å²) < 4.78 is 0. The first-order chi connectivity index (χ1) is 1.91. The van der Waals surface area contributed by atoms with Gasteiger partial charge in [-0.15, -0.1) is 0 Å². The van der Waals surface area contributed by atoms with E-state index in [4.69, 9.17) is 10.5 Å². The maximum absolute atomic E-state index is 7.26. The summed E-state index contributed by atoms with van der Waals surface area (Å²) in [4.78, 5) is 0. The van der Waals surface area contributed by atoms with Gasteiger partial charge in [0.1, 0.15) is 0 Å². The fourth-order valence-corrected chi connectivity index (χ4v) is 0. The zero-order chi connectivity index (χ0) is 3.41. The van der Waals surface area contributed by atoms with Crippen LogP contribution in [0, 0.1) is 22.7 Å². The van der Waals surface area contributed by atoms with Gasteiger partial charge in [-0.05, 0) is 0 Å². The van der Waals surface area contributed by atoms with Crippen LogP contribution in [0.1, 0.15) is 0 Å². The summed E-state index contributed by atoms with van der Waals surface area (Å²) in [6.45, 7) is 0. The Morgan fingerprint density at radius 2 is 1.17 bits per heavy atom. The van der Waals surface area contributed by atoms with Crippen LogP contribution in [0.3, 0.4) is 0 Å². The third-order valence-corrected chi connectivity index (χ3v) is 0.0500. The van der Waals surface area contributed by atoms with Crippen LogP contribution < -0.4 is 51.4 Å². The minimum atomic E-state index is 0. The third kappa shape index (κ3) is 23.6. The molecule has 0 saturated carbocycles. The molecule has 0 unspecified atom stereocenters. The molecule has 0 atom stereocenters. The predicted octanol–water partition coefficient (Wildman–Crippen LogP) is -2.25. The third-order valence-electron chi connectivity index (χ3n) is 0.0500. The molecule has 0 aliphatic rings.